The van der Waals surface area contributed by atoms with Crippen LogP contribution in [0.4, 0.5) is 11.4 Å². The van der Waals surface area contributed by atoms with E-state index in [1.807, 2.05) is 50.2 Å². The first kappa shape index (κ1) is 14.4. The van der Waals surface area contributed by atoms with E-state index in [0.717, 1.165) is 33.6 Å². The van der Waals surface area contributed by atoms with Gasteiger partial charge >= 0.3 is 0 Å². The summed E-state index contributed by atoms with van der Waals surface area (Å²) in [6.45, 7) is 4.68. The molecule has 0 aliphatic heterocycles. The van der Waals surface area contributed by atoms with Crippen LogP contribution in [-0.4, -0.2) is 0 Å². The lowest BCUT2D eigenvalue weighted by atomic mass is 10.1. The highest BCUT2D eigenvalue weighted by Crippen LogP contribution is 2.17. The molecule has 0 amide bonds. The van der Waals surface area contributed by atoms with E-state index in [2.05, 4.69) is 0 Å². The zero-order chi connectivity index (χ0) is 14.5. The molecule has 2 rings (SSSR count). The molecular weight excluding hydrogens is 252 g/mol. The van der Waals surface area contributed by atoms with E-state index in [-0.39, 0.29) is 0 Å². The van der Waals surface area contributed by atoms with Gasteiger partial charge in [-0.2, -0.15) is 0 Å². The second kappa shape index (κ2) is 6.41. The second-order valence-electron chi connectivity index (χ2n) is 4.85. The van der Waals surface area contributed by atoms with Crippen LogP contribution in [0.15, 0.2) is 36.4 Å². The number of nitrogens with two attached hydrogens (primary N) is 2. The predicted molar refractivity (Wildman–Crippen MR) is 80.8 cm³/mol. The number of hydrogen-bond acceptors (Lipinski definition) is 4. The van der Waals surface area contributed by atoms with Crippen molar-refractivity contribution in [2.75, 3.05) is 11.5 Å². The van der Waals surface area contributed by atoms with Gasteiger partial charge < -0.3 is 11.5 Å². The number of aryl methyl sites for hydroxylation is 1. The van der Waals surface area contributed by atoms with Crippen molar-refractivity contribution in [2.45, 2.75) is 27.1 Å². The molecule has 0 bridgehead atoms. The minimum atomic E-state index is 0.367. The molecule has 2 aromatic rings. The zero-order valence-corrected chi connectivity index (χ0v) is 11.8. The van der Waals surface area contributed by atoms with Crippen molar-refractivity contribution in [1.82, 2.24) is 0 Å². The molecular formula is C16H20N2O2. The highest BCUT2D eigenvalue weighted by Gasteiger charge is 2.02. The summed E-state index contributed by atoms with van der Waals surface area (Å²) < 4.78 is 0. The van der Waals surface area contributed by atoms with Crippen molar-refractivity contribution >= 4 is 11.4 Å². The first-order valence-corrected chi connectivity index (χ1v) is 6.51. The molecule has 0 saturated heterocycles. The molecule has 0 aliphatic rings. The number of benzene rings is 2. The van der Waals surface area contributed by atoms with E-state index in [1.165, 1.54) is 0 Å². The molecule has 0 aliphatic carbocycles. The summed E-state index contributed by atoms with van der Waals surface area (Å²) in [4.78, 5) is 10.5. The molecule has 106 valence electrons. The third-order valence-electron chi connectivity index (χ3n) is 3.35. The van der Waals surface area contributed by atoms with Gasteiger partial charge in [-0.15, -0.1) is 0 Å². The van der Waals surface area contributed by atoms with Crippen LogP contribution >= 0.6 is 0 Å². The Labute approximate surface area is 119 Å². The van der Waals surface area contributed by atoms with Crippen molar-refractivity contribution in [1.29, 1.82) is 0 Å². The minimum Gasteiger partial charge on any atom is -0.399 e. The highest BCUT2D eigenvalue weighted by atomic mass is 17.2. The van der Waals surface area contributed by atoms with Gasteiger partial charge in [0.2, 0.25) is 0 Å². The molecule has 0 atom stereocenters. The van der Waals surface area contributed by atoms with Gasteiger partial charge in [-0.25, -0.2) is 9.78 Å². The third-order valence-corrected chi connectivity index (χ3v) is 3.35. The summed E-state index contributed by atoms with van der Waals surface area (Å²) >= 11 is 0. The lowest BCUT2D eigenvalue weighted by molar-refractivity contribution is -0.313. The molecule has 0 fully saturated rings. The summed E-state index contributed by atoms with van der Waals surface area (Å²) in [5, 5.41) is 0. The van der Waals surface area contributed by atoms with E-state index in [9.17, 15) is 0 Å². The Kier molecular flexibility index (Phi) is 4.61. The Morgan fingerprint density at radius 1 is 0.900 bits per heavy atom. The number of anilines is 2. The van der Waals surface area contributed by atoms with Gasteiger partial charge in [0.05, 0.1) is 0 Å². The fourth-order valence-electron chi connectivity index (χ4n) is 1.85. The zero-order valence-electron chi connectivity index (χ0n) is 11.8. The van der Waals surface area contributed by atoms with Crippen molar-refractivity contribution in [3.63, 3.8) is 0 Å². The van der Waals surface area contributed by atoms with Gasteiger partial charge in [0.25, 0.3) is 0 Å². The standard InChI is InChI=1S/C16H20N2O2/c1-11-6-7-13(8-16(11)18)9-19-20-10-14-4-3-5-15(17)12(14)2/h3-8H,9-10,17-18H2,1-2H3. The molecule has 0 spiro atoms. The fraction of sp³-hybridized carbons (Fsp3) is 0.250. The Morgan fingerprint density at radius 3 is 2.40 bits per heavy atom. The normalized spacial score (nSPS) is 10.7. The van der Waals surface area contributed by atoms with E-state index in [0.29, 0.717) is 13.2 Å². The molecule has 0 radical (unpaired) electrons. The SMILES string of the molecule is Cc1ccc(COOCc2cccc(N)c2C)cc1N. The van der Waals surface area contributed by atoms with Crippen molar-refractivity contribution in [3.8, 4) is 0 Å². The molecule has 4 N–H and O–H groups in total. The van der Waals surface area contributed by atoms with Gasteiger partial charge in [-0.3, -0.25) is 0 Å². The van der Waals surface area contributed by atoms with Crippen molar-refractivity contribution < 1.29 is 9.78 Å². The minimum absolute atomic E-state index is 0.367. The lowest BCUT2D eigenvalue weighted by Crippen LogP contribution is -2.01. The number of nitrogen functional groups attached to an aromatic ring is 2. The van der Waals surface area contributed by atoms with Crippen LogP contribution in [0, 0.1) is 13.8 Å². The Morgan fingerprint density at radius 2 is 1.65 bits per heavy atom. The Bertz CT molecular complexity index is 597. The quantitative estimate of drug-likeness (QED) is 0.380. The van der Waals surface area contributed by atoms with Gasteiger partial charge in [0.1, 0.15) is 13.2 Å². The molecule has 20 heavy (non-hydrogen) atoms. The van der Waals surface area contributed by atoms with Crippen molar-refractivity contribution in [3.05, 3.63) is 58.7 Å². The maximum Gasteiger partial charge on any atom is 0.108 e. The number of rotatable bonds is 5. The molecule has 4 nitrogen and oxygen atoms in total. The predicted octanol–water partition coefficient (Wildman–Crippen LogP) is 3.12. The average molecular weight is 272 g/mol. The van der Waals surface area contributed by atoms with Gasteiger partial charge in [-0.05, 0) is 48.2 Å². The van der Waals surface area contributed by atoms with Gasteiger partial charge in [0.15, 0.2) is 0 Å². The monoisotopic (exact) mass is 272 g/mol. The van der Waals surface area contributed by atoms with Gasteiger partial charge in [-0.1, -0.05) is 24.3 Å². The van der Waals surface area contributed by atoms with Crippen LogP contribution in [0.3, 0.4) is 0 Å². The lowest BCUT2D eigenvalue weighted by Gasteiger charge is -2.09. The first-order valence-electron chi connectivity index (χ1n) is 6.51. The van der Waals surface area contributed by atoms with E-state index in [4.69, 9.17) is 21.2 Å². The van der Waals surface area contributed by atoms with E-state index < -0.39 is 0 Å². The van der Waals surface area contributed by atoms with E-state index >= 15 is 0 Å². The molecule has 4 heteroatoms. The highest BCUT2D eigenvalue weighted by molar-refractivity contribution is 5.49. The summed E-state index contributed by atoms with van der Waals surface area (Å²) in [6, 6.07) is 11.6. The summed E-state index contributed by atoms with van der Waals surface area (Å²) in [5.74, 6) is 0. The van der Waals surface area contributed by atoms with Crippen LogP contribution in [0.1, 0.15) is 22.3 Å². The maximum atomic E-state index is 5.84. The summed E-state index contributed by atoms with van der Waals surface area (Å²) in [7, 11) is 0. The molecule has 0 unspecified atom stereocenters. The fourth-order valence-corrected chi connectivity index (χ4v) is 1.85. The average Bonchev–Trinajstić information content (AvgIpc) is 2.43. The second-order valence-corrected chi connectivity index (χ2v) is 4.85. The molecule has 0 heterocycles. The van der Waals surface area contributed by atoms with E-state index in [1.54, 1.807) is 0 Å². The van der Waals surface area contributed by atoms with Gasteiger partial charge in [0, 0.05) is 11.4 Å². The van der Waals surface area contributed by atoms with Crippen LogP contribution < -0.4 is 11.5 Å². The Hall–Kier alpha value is -2.04. The number of hydrogen-bond donors (Lipinski definition) is 2. The van der Waals surface area contributed by atoms with Crippen molar-refractivity contribution in [2.24, 2.45) is 0 Å². The smallest absolute Gasteiger partial charge is 0.108 e. The maximum absolute atomic E-state index is 5.84. The molecule has 0 saturated carbocycles. The van der Waals surface area contributed by atoms with Crippen LogP contribution in [-0.2, 0) is 23.0 Å². The van der Waals surface area contributed by atoms with Crippen LogP contribution in [0.2, 0.25) is 0 Å². The van der Waals surface area contributed by atoms with Crippen LogP contribution in [0.25, 0.3) is 0 Å². The molecule has 2 aromatic carbocycles. The molecule has 0 aromatic heterocycles. The summed E-state index contributed by atoms with van der Waals surface area (Å²) in [6.07, 6.45) is 0. The third kappa shape index (κ3) is 3.50. The summed E-state index contributed by atoms with van der Waals surface area (Å²) in [5.41, 5.74) is 17.3. The first-order chi connectivity index (χ1) is 9.58. The Balaban J connectivity index is 1.84. The van der Waals surface area contributed by atoms with Crippen LogP contribution in [0.5, 0.6) is 0 Å². The largest absolute Gasteiger partial charge is 0.399 e. The topological polar surface area (TPSA) is 70.5 Å².